The summed E-state index contributed by atoms with van der Waals surface area (Å²) in [6.07, 6.45) is 1.22. The molecule has 0 N–H and O–H groups in total. The Morgan fingerprint density at radius 3 is 2.47 bits per heavy atom. The Bertz CT molecular complexity index is 255. The van der Waals surface area contributed by atoms with Gasteiger partial charge in [0.1, 0.15) is 0 Å². The average Bonchev–Trinajstić information content (AvgIpc) is 2.19. The zero-order valence-corrected chi connectivity index (χ0v) is 10.00. The topological polar surface area (TPSA) is 61.8 Å². The van der Waals surface area contributed by atoms with Crippen molar-refractivity contribution in [2.75, 3.05) is 19.8 Å². The van der Waals surface area contributed by atoms with Gasteiger partial charge in [-0.15, -0.1) is 0 Å². The van der Waals surface area contributed by atoms with Gasteiger partial charge in [-0.2, -0.15) is 0 Å². The molecule has 0 amide bonds. The summed E-state index contributed by atoms with van der Waals surface area (Å²) in [7, 11) is -3.33. The van der Waals surface area contributed by atoms with E-state index in [1.54, 1.807) is 13.8 Å². The molecule has 0 saturated carbocycles. The number of carbonyl (C=O) groups is 1. The first-order valence-corrected chi connectivity index (χ1v) is 6.80. The van der Waals surface area contributed by atoms with Crippen molar-refractivity contribution in [2.24, 2.45) is 0 Å². The molecule has 1 atom stereocenters. The molecule has 1 aliphatic heterocycles. The third-order valence-electron chi connectivity index (χ3n) is 2.14. The molecule has 0 aromatic carbocycles. The molecule has 0 aromatic heterocycles. The summed E-state index contributed by atoms with van der Waals surface area (Å²) < 4.78 is 27.3. The van der Waals surface area contributed by atoms with Crippen LogP contribution in [-0.4, -0.2) is 31.4 Å². The van der Waals surface area contributed by atoms with Gasteiger partial charge in [0, 0.05) is 0 Å². The van der Waals surface area contributed by atoms with Gasteiger partial charge in [0.15, 0.2) is 5.66 Å². The highest BCUT2D eigenvalue weighted by Crippen LogP contribution is 2.55. The lowest BCUT2D eigenvalue weighted by Crippen LogP contribution is -2.30. The SMILES string of the molecule is CCOP(=O)(OCC)[C@H]1CCCOC1=O. The van der Waals surface area contributed by atoms with Gasteiger partial charge < -0.3 is 13.8 Å². The summed E-state index contributed by atoms with van der Waals surface area (Å²) in [5.74, 6) is -0.466. The van der Waals surface area contributed by atoms with Crippen LogP contribution in [0.1, 0.15) is 26.7 Å². The zero-order valence-electron chi connectivity index (χ0n) is 9.10. The number of hydrogen-bond acceptors (Lipinski definition) is 5. The van der Waals surface area contributed by atoms with Gasteiger partial charge in [0.05, 0.1) is 19.8 Å². The molecule has 0 aliphatic carbocycles. The molecule has 1 aliphatic rings. The van der Waals surface area contributed by atoms with Crippen LogP contribution in [0.3, 0.4) is 0 Å². The third kappa shape index (κ3) is 3.03. The summed E-state index contributed by atoms with van der Waals surface area (Å²) in [5, 5.41) is 0. The van der Waals surface area contributed by atoms with Gasteiger partial charge >= 0.3 is 13.6 Å². The molecule has 1 fully saturated rings. The minimum Gasteiger partial charge on any atom is -0.465 e. The van der Waals surface area contributed by atoms with E-state index in [1.807, 2.05) is 0 Å². The summed E-state index contributed by atoms with van der Waals surface area (Å²) in [4.78, 5) is 11.4. The smallest absolute Gasteiger partial charge is 0.344 e. The highest BCUT2D eigenvalue weighted by atomic mass is 31.2. The fourth-order valence-corrected chi connectivity index (χ4v) is 3.51. The van der Waals surface area contributed by atoms with Crippen molar-refractivity contribution in [2.45, 2.75) is 32.3 Å². The lowest BCUT2D eigenvalue weighted by atomic mass is 10.2. The van der Waals surface area contributed by atoms with Crippen LogP contribution in [0.4, 0.5) is 0 Å². The number of ether oxygens (including phenoxy) is 1. The summed E-state index contributed by atoms with van der Waals surface area (Å²) in [5.41, 5.74) is -0.744. The number of hydrogen-bond donors (Lipinski definition) is 0. The largest absolute Gasteiger partial charge is 0.465 e. The van der Waals surface area contributed by atoms with E-state index >= 15 is 0 Å². The second-order valence-corrected chi connectivity index (χ2v) is 5.42. The van der Waals surface area contributed by atoms with Crippen LogP contribution in [0.25, 0.3) is 0 Å². The molecular weight excluding hydrogens is 219 g/mol. The Kier molecular flexibility index (Phi) is 4.77. The van der Waals surface area contributed by atoms with Crippen LogP contribution >= 0.6 is 7.60 Å². The van der Waals surface area contributed by atoms with Crippen LogP contribution in [0, 0.1) is 0 Å². The van der Waals surface area contributed by atoms with E-state index in [2.05, 4.69) is 0 Å². The number of esters is 1. The van der Waals surface area contributed by atoms with Gasteiger partial charge in [-0.3, -0.25) is 9.36 Å². The Balaban J connectivity index is 2.77. The maximum Gasteiger partial charge on any atom is 0.344 e. The maximum atomic E-state index is 12.2. The number of rotatable bonds is 5. The molecule has 0 unspecified atom stereocenters. The van der Waals surface area contributed by atoms with Crippen molar-refractivity contribution in [3.05, 3.63) is 0 Å². The second kappa shape index (κ2) is 5.64. The minimum atomic E-state index is -3.33. The molecule has 0 radical (unpaired) electrons. The third-order valence-corrected chi connectivity index (χ3v) is 4.61. The first kappa shape index (κ1) is 12.7. The van der Waals surface area contributed by atoms with Crippen LogP contribution in [0.2, 0.25) is 0 Å². The van der Waals surface area contributed by atoms with Gasteiger partial charge in [0.2, 0.25) is 0 Å². The zero-order chi connectivity index (χ0) is 11.3. The Morgan fingerprint density at radius 1 is 1.40 bits per heavy atom. The molecular formula is C9H17O5P. The van der Waals surface area contributed by atoms with Crippen LogP contribution < -0.4 is 0 Å². The van der Waals surface area contributed by atoms with Crippen molar-refractivity contribution >= 4 is 13.6 Å². The molecule has 0 bridgehead atoms. The van der Waals surface area contributed by atoms with E-state index in [-0.39, 0.29) is 13.2 Å². The predicted octanol–water partition coefficient (Wildman–Crippen LogP) is 1.96. The van der Waals surface area contributed by atoms with Gasteiger partial charge in [-0.25, -0.2) is 0 Å². The normalized spacial score (nSPS) is 22.5. The summed E-state index contributed by atoms with van der Waals surface area (Å²) in [6.45, 7) is 4.37. The standard InChI is InChI=1S/C9H17O5P/c1-3-13-15(11,14-4-2)8-6-5-7-12-9(8)10/h8H,3-7H2,1-2H3/t8-/m0/s1. The van der Waals surface area contributed by atoms with E-state index in [1.165, 1.54) is 0 Å². The van der Waals surface area contributed by atoms with Gasteiger partial charge in [-0.05, 0) is 26.7 Å². The van der Waals surface area contributed by atoms with E-state index in [0.29, 0.717) is 19.4 Å². The van der Waals surface area contributed by atoms with Crippen molar-refractivity contribution < 1.29 is 23.1 Å². The van der Waals surface area contributed by atoms with Crippen LogP contribution in [0.5, 0.6) is 0 Å². The Hall–Kier alpha value is -0.380. The van der Waals surface area contributed by atoms with Crippen molar-refractivity contribution in [3.8, 4) is 0 Å². The lowest BCUT2D eigenvalue weighted by Gasteiger charge is -2.27. The van der Waals surface area contributed by atoms with E-state index in [9.17, 15) is 9.36 Å². The van der Waals surface area contributed by atoms with E-state index in [4.69, 9.17) is 13.8 Å². The van der Waals surface area contributed by atoms with Gasteiger partial charge in [0.25, 0.3) is 0 Å². The van der Waals surface area contributed by atoms with Crippen molar-refractivity contribution in [3.63, 3.8) is 0 Å². The molecule has 1 saturated heterocycles. The van der Waals surface area contributed by atoms with Crippen LogP contribution in [0.15, 0.2) is 0 Å². The number of cyclic esters (lactones) is 1. The predicted molar refractivity (Wildman–Crippen MR) is 54.8 cm³/mol. The van der Waals surface area contributed by atoms with Crippen molar-refractivity contribution in [1.29, 1.82) is 0 Å². The summed E-state index contributed by atoms with van der Waals surface area (Å²) in [6, 6.07) is 0. The molecule has 0 aromatic rings. The first-order valence-electron chi connectivity index (χ1n) is 5.19. The highest BCUT2D eigenvalue weighted by Gasteiger charge is 2.43. The van der Waals surface area contributed by atoms with E-state index < -0.39 is 19.2 Å². The molecule has 88 valence electrons. The fraction of sp³-hybridized carbons (Fsp3) is 0.889. The van der Waals surface area contributed by atoms with E-state index in [0.717, 1.165) is 0 Å². The molecule has 5 nitrogen and oxygen atoms in total. The summed E-state index contributed by atoms with van der Waals surface area (Å²) >= 11 is 0. The molecule has 15 heavy (non-hydrogen) atoms. The monoisotopic (exact) mass is 236 g/mol. The fourth-order valence-electron chi connectivity index (χ4n) is 1.53. The molecule has 1 rings (SSSR count). The van der Waals surface area contributed by atoms with Gasteiger partial charge in [-0.1, -0.05) is 0 Å². The lowest BCUT2D eigenvalue weighted by molar-refractivity contribution is -0.146. The second-order valence-electron chi connectivity index (χ2n) is 3.20. The van der Waals surface area contributed by atoms with Crippen LogP contribution in [-0.2, 0) is 23.1 Å². The average molecular weight is 236 g/mol. The molecule has 0 spiro atoms. The Morgan fingerprint density at radius 2 is 2.00 bits per heavy atom. The maximum absolute atomic E-state index is 12.2. The minimum absolute atomic E-state index is 0.265. The highest BCUT2D eigenvalue weighted by molar-refractivity contribution is 7.55. The first-order chi connectivity index (χ1) is 7.14. The quantitative estimate of drug-likeness (QED) is 0.539. The van der Waals surface area contributed by atoms with Crippen molar-refractivity contribution in [1.82, 2.24) is 0 Å². The number of carbonyl (C=O) groups excluding carboxylic acids is 1. The molecule has 1 heterocycles. The Labute approximate surface area is 89.6 Å². The molecule has 6 heteroatoms.